The molecule has 0 amide bonds. The van der Waals surface area contributed by atoms with Crippen LogP contribution in [0.25, 0.3) is 27.3 Å². The number of methoxy groups -OCH3 is 1. The number of benzene rings is 3. The van der Waals surface area contributed by atoms with Gasteiger partial charge in [0.15, 0.2) is 0 Å². The molecule has 0 radical (unpaired) electrons. The van der Waals surface area contributed by atoms with Gasteiger partial charge >= 0.3 is 5.97 Å². The Morgan fingerprint density at radius 3 is 2.35 bits per heavy atom. The van der Waals surface area contributed by atoms with Crippen LogP contribution in [0.4, 0.5) is 0 Å². The van der Waals surface area contributed by atoms with Crippen LogP contribution in [0.1, 0.15) is 5.56 Å². The zero-order valence-electron chi connectivity index (χ0n) is 12.4. The van der Waals surface area contributed by atoms with Crippen molar-refractivity contribution < 1.29 is 19.4 Å². The van der Waals surface area contributed by atoms with Crippen molar-refractivity contribution in [2.75, 3.05) is 7.11 Å². The van der Waals surface area contributed by atoms with Crippen molar-refractivity contribution in [3.05, 3.63) is 66.2 Å². The number of rotatable bonds is 3. The van der Waals surface area contributed by atoms with Crippen LogP contribution in [-0.4, -0.2) is 24.0 Å². The van der Waals surface area contributed by atoms with Crippen molar-refractivity contribution in [3.8, 4) is 0 Å². The van der Waals surface area contributed by atoms with Crippen LogP contribution in [0, 0.1) is 0 Å². The Labute approximate surface area is 132 Å². The molecule has 0 saturated carbocycles. The van der Waals surface area contributed by atoms with E-state index in [2.05, 4.69) is 4.74 Å². The lowest BCUT2D eigenvalue weighted by atomic mass is 9.99. The van der Waals surface area contributed by atoms with Crippen molar-refractivity contribution in [2.24, 2.45) is 0 Å². The quantitative estimate of drug-likeness (QED) is 0.264. The predicted molar refractivity (Wildman–Crippen MR) is 89.1 cm³/mol. The van der Waals surface area contributed by atoms with Crippen LogP contribution in [-0.2, 0) is 14.3 Å². The van der Waals surface area contributed by atoms with Gasteiger partial charge in [-0.2, -0.15) is 0 Å². The molecule has 3 aromatic carbocycles. The molecule has 0 spiro atoms. The maximum atomic E-state index is 11.5. The molecule has 4 nitrogen and oxygen atoms in total. The summed E-state index contributed by atoms with van der Waals surface area (Å²) in [5.41, 5.74) is 0.464. The van der Waals surface area contributed by atoms with Gasteiger partial charge in [-0.25, -0.2) is 4.79 Å². The fourth-order valence-electron chi connectivity index (χ4n) is 2.53. The second-order valence-electron chi connectivity index (χ2n) is 5.11. The average molecular weight is 306 g/mol. The van der Waals surface area contributed by atoms with Gasteiger partial charge in [-0.05, 0) is 27.6 Å². The first-order chi connectivity index (χ1) is 11.1. The van der Waals surface area contributed by atoms with Gasteiger partial charge in [0, 0.05) is 11.6 Å². The second-order valence-corrected chi connectivity index (χ2v) is 5.11. The fourth-order valence-corrected chi connectivity index (χ4v) is 2.53. The lowest BCUT2D eigenvalue weighted by molar-refractivity contribution is -0.149. The molecule has 3 aromatic rings. The van der Waals surface area contributed by atoms with Gasteiger partial charge in [0.05, 0.1) is 7.11 Å². The van der Waals surface area contributed by atoms with Gasteiger partial charge in [0.2, 0.25) is 0 Å². The highest BCUT2D eigenvalue weighted by Crippen LogP contribution is 2.27. The number of aliphatic hydroxyl groups excluding tert-OH is 1. The first-order valence-corrected chi connectivity index (χ1v) is 7.05. The third-order valence-electron chi connectivity index (χ3n) is 3.70. The number of hydrogen-bond acceptors (Lipinski definition) is 4. The number of ketones is 1. The molecule has 3 rings (SSSR count). The Morgan fingerprint density at radius 1 is 0.957 bits per heavy atom. The molecule has 0 aromatic heterocycles. The maximum absolute atomic E-state index is 11.5. The molecular weight excluding hydrogens is 292 g/mol. The predicted octanol–water partition coefficient (Wildman–Crippen LogP) is 3.63. The fraction of sp³-hybridized carbons (Fsp3) is 0.0526. The SMILES string of the molecule is COC(=O)C(=O)C=C(O)c1ccc2ccc3ccccc3c2c1. The van der Waals surface area contributed by atoms with Gasteiger partial charge in [-0.15, -0.1) is 0 Å². The molecule has 4 heteroatoms. The van der Waals surface area contributed by atoms with Gasteiger partial charge in [0.25, 0.3) is 5.78 Å². The highest BCUT2D eigenvalue weighted by molar-refractivity contribution is 6.39. The van der Waals surface area contributed by atoms with Crippen molar-refractivity contribution in [1.29, 1.82) is 0 Å². The van der Waals surface area contributed by atoms with E-state index in [1.54, 1.807) is 12.1 Å². The zero-order chi connectivity index (χ0) is 16.4. The van der Waals surface area contributed by atoms with Gasteiger partial charge in [-0.3, -0.25) is 4.79 Å². The molecule has 0 atom stereocenters. The number of ether oxygens (including phenoxy) is 1. The largest absolute Gasteiger partial charge is 0.507 e. The second kappa shape index (κ2) is 5.93. The molecule has 0 heterocycles. The number of carbonyl (C=O) groups is 2. The van der Waals surface area contributed by atoms with Gasteiger partial charge < -0.3 is 9.84 Å². The summed E-state index contributed by atoms with van der Waals surface area (Å²) < 4.78 is 4.33. The van der Waals surface area contributed by atoms with Crippen LogP contribution >= 0.6 is 0 Å². The maximum Gasteiger partial charge on any atom is 0.378 e. The molecule has 0 aliphatic rings. The molecule has 1 N–H and O–H groups in total. The summed E-state index contributed by atoms with van der Waals surface area (Å²) in [5, 5.41) is 14.2. The van der Waals surface area contributed by atoms with E-state index in [0.29, 0.717) is 5.56 Å². The molecule has 0 aliphatic carbocycles. The summed E-state index contributed by atoms with van der Waals surface area (Å²) >= 11 is 0. The van der Waals surface area contributed by atoms with Crippen molar-refractivity contribution in [2.45, 2.75) is 0 Å². The van der Waals surface area contributed by atoms with E-state index in [9.17, 15) is 14.7 Å². The van der Waals surface area contributed by atoms with E-state index in [1.807, 2.05) is 42.5 Å². The van der Waals surface area contributed by atoms with Gasteiger partial charge in [-0.1, -0.05) is 48.5 Å². The number of carbonyl (C=O) groups excluding carboxylic acids is 2. The van der Waals surface area contributed by atoms with E-state index >= 15 is 0 Å². The molecular formula is C19H14O4. The molecule has 114 valence electrons. The Bertz CT molecular complexity index is 954. The first-order valence-electron chi connectivity index (χ1n) is 7.05. The van der Waals surface area contributed by atoms with Crippen molar-refractivity contribution in [1.82, 2.24) is 0 Å². The van der Waals surface area contributed by atoms with E-state index in [-0.39, 0.29) is 5.76 Å². The Kier molecular flexibility index (Phi) is 3.81. The van der Waals surface area contributed by atoms with E-state index in [1.165, 1.54) is 0 Å². The van der Waals surface area contributed by atoms with Crippen LogP contribution in [0.3, 0.4) is 0 Å². The molecule has 0 fully saturated rings. The standard InChI is InChI=1S/C19H14O4/c1-23-19(22)18(21)11-17(20)14-9-8-13-7-6-12-4-2-3-5-15(12)16(13)10-14/h2-11,20H,1H3. The third-order valence-corrected chi connectivity index (χ3v) is 3.70. The van der Waals surface area contributed by atoms with E-state index in [0.717, 1.165) is 34.7 Å². The summed E-state index contributed by atoms with van der Waals surface area (Å²) in [6.07, 6.45) is 0.873. The number of esters is 1. The number of hydrogen-bond donors (Lipinski definition) is 1. The normalized spacial score (nSPS) is 11.6. The van der Waals surface area contributed by atoms with Crippen LogP contribution in [0.2, 0.25) is 0 Å². The Morgan fingerprint density at radius 2 is 1.61 bits per heavy atom. The van der Waals surface area contributed by atoms with Crippen molar-refractivity contribution >= 4 is 39.1 Å². The zero-order valence-corrected chi connectivity index (χ0v) is 12.4. The smallest absolute Gasteiger partial charge is 0.378 e. The molecule has 0 bridgehead atoms. The van der Waals surface area contributed by atoms with Crippen LogP contribution < -0.4 is 0 Å². The lowest BCUT2D eigenvalue weighted by Gasteiger charge is -2.06. The minimum absolute atomic E-state index is 0.268. The highest BCUT2D eigenvalue weighted by Gasteiger charge is 2.13. The number of aliphatic hydroxyl groups is 1. The summed E-state index contributed by atoms with van der Waals surface area (Å²) in [5.74, 6) is -2.18. The molecule has 23 heavy (non-hydrogen) atoms. The molecule has 0 saturated heterocycles. The Hall–Kier alpha value is -3.14. The van der Waals surface area contributed by atoms with Gasteiger partial charge in [0.1, 0.15) is 5.76 Å². The van der Waals surface area contributed by atoms with Crippen LogP contribution in [0.5, 0.6) is 0 Å². The monoisotopic (exact) mass is 306 g/mol. The van der Waals surface area contributed by atoms with Crippen molar-refractivity contribution in [3.63, 3.8) is 0 Å². The van der Waals surface area contributed by atoms with E-state index in [4.69, 9.17) is 0 Å². The highest BCUT2D eigenvalue weighted by atomic mass is 16.5. The molecule has 0 aliphatic heterocycles. The summed E-state index contributed by atoms with van der Waals surface area (Å²) in [6, 6.07) is 17.3. The Balaban J connectivity index is 2.12. The minimum atomic E-state index is -1.01. The topological polar surface area (TPSA) is 63.6 Å². The number of fused-ring (bicyclic) bond motifs is 3. The average Bonchev–Trinajstić information content (AvgIpc) is 2.60. The minimum Gasteiger partial charge on any atom is -0.507 e. The summed E-state index contributed by atoms with van der Waals surface area (Å²) in [6.45, 7) is 0. The summed E-state index contributed by atoms with van der Waals surface area (Å²) in [7, 11) is 1.12. The summed E-state index contributed by atoms with van der Waals surface area (Å²) in [4.78, 5) is 22.7. The first kappa shape index (κ1) is 14.8. The van der Waals surface area contributed by atoms with E-state index < -0.39 is 11.8 Å². The third kappa shape index (κ3) is 2.79. The lowest BCUT2D eigenvalue weighted by Crippen LogP contribution is -2.13. The molecule has 0 unspecified atom stereocenters. The van der Waals surface area contributed by atoms with Crippen LogP contribution in [0.15, 0.2) is 60.7 Å².